The Hall–Kier alpha value is -2.10. The van der Waals surface area contributed by atoms with Gasteiger partial charge in [0.15, 0.2) is 5.11 Å². The number of carbonyl (C=O) groups is 3. The average molecular weight is 505 g/mol. The zero-order valence-electron chi connectivity index (χ0n) is 19.1. The van der Waals surface area contributed by atoms with Gasteiger partial charge < -0.3 is 5.11 Å². The number of hydrogen-bond donors (Lipinski definition) is 1. The summed E-state index contributed by atoms with van der Waals surface area (Å²) in [5.74, 6) is -1.62. The van der Waals surface area contributed by atoms with Crippen molar-refractivity contribution in [3.63, 3.8) is 0 Å². The zero-order chi connectivity index (χ0) is 24.3. The molecule has 0 spiro atoms. The summed E-state index contributed by atoms with van der Waals surface area (Å²) in [7, 11) is 0. The Bertz CT molecular complexity index is 1040. The van der Waals surface area contributed by atoms with Gasteiger partial charge >= 0.3 is 5.97 Å². The number of fused-ring (bicyclic) bond motifs is 1. The summed E-state index contributed by atoms with van der Waals surface area (Å²) in [6.07, 6.45) is 3.48. The van der Waals surface area contributed by atoms with Crippen LogP contribution in [0.3, 0.4) is 0 Å². The summed E-state index contributed by atoms with van der Waals surface area (Å²) in [6.45, 7) is 10.7. The standard InChI is InChI=1S/C24H28N2O4S3/c1-5-12-25-20(29)19(21(30)26(23(25)31)13-8-6-7-9-18(27)28)22-32-16-11-10-15(24(2,3)4)14-17(16)33-22/h5,10-11,14H,1,6-9,12-13H2,2-4H3,(H,27,28). The van der Waals surface area contributed by atoms with Crippen LogP contribution in [-0.4, -0.2) is 50.9 Å². The van der Waals surface area contributed by atoms with Gasteiger partial charge in [0.05, 0.1) is 4.24 Å². The summed E-state index contributed by atoms with van der Waals surface area (Å²) in [4.78, 5) is 42.4. The minimum absolute atomic E-state index is 0.00296. The first-order valence-corrected chi connectivity index (χ1v) is 12.8. The van der Waals surface area contributed by atoms with Crippen molar-refractivity contribution < 1.29 is 19.5 Å². The molecular formula is C24H28N2O4S3. The smallest absolute Gasteiger partial charge is 0.303 e. The summed E-state index contributed by atoms with van der Waals surface area (Å²) in [6, 6.07) is 6.27. The van der Waals surface area contributed by atoms with Crippen LogP contribution in [0, 0.1) is 0 Å². The topological polar surface area (TPSA) is 77.9 Å². The third-order valence-corrected chi connectivity index (χ3v) is 8.37. The Kier molecular flexibility index (Phi) is 8.08. The van der Waals surface area contributed by atoms with Gasteiger partial charge in [0.1, 0.15) is 5.57 Å². The number of carbonyl (C=O) groups excluding carboxylic acids is 2. The van der Waals surface area contributed by atoms with Crippen molar-refractivity contribution in [3.05, 3.63) is 46.2 Å². The molecule has 176 valence electrons. The Labute approximate surface area is 208 Å². The molecule has 1 saturated heterocycles. The number of unbranched alkanes of at least 4 members (excludes halogenated alkanes) is 2. The van der Waals surface area contributed by atoms with Gasteiger partial charge in [0.25, 0.3) is 11.8 Å². The number of thiocarbonyl (C=S) groups is 1. The lowest BCUT2D eigenvalue weighted by atomic mass is 9.87. The number of nitrogens with zero attached hydrogens (tertiary/aromatic N) is 2. The summed E-state index contributed by atoms with van der Waals surface area (Å²) in [5.41, 5.74) is 1.33. The minimum atomic E-state index is -0.834. The average Bonchev–Trinajstić information content (AvgIpc) is 3.15. The van der Waals surface area contributed by atoms with E-state index in [1.807, 2.05) is 6.07 Å². The Morgan fingerprint density at radius 1 is 1.09 bits per heavy atom. The van der Waals surface area contributed by atoms with E-state index in [2.05, 4.69) is 39.5 Å². The third-order valence-electron chi connectivity index (χ3n) is 5.38. The molecule has 2 heterocycles. The molecule has 33 heavy (non-hydrogen) atoms. The van der Waals surface area contributed by atoms with Crippen molar-refractivity contribution in [1.29, 1.82) is 0 Å². The van der Waals surface area contributed by atoms with Crippen molar-refractivity contribution in [2.24, 2.45) is 0 Å². The highest BCUT2D eigenvalue weighted by atomic mass is 32.2. The number of thioether (sulfide) groups is 2. The number of rotatable bonds is 8. The monoisotopic (exact) mass is 504 g/mol. The van der Waals surface area contributed by atoms with Crippen molar-refractivity contribution in [2.75, 3.05) is 13.1 Å². The molecule has 1 N–H and O–H groups in total. The summed E-state index contributed by atoms with van der Waals surface area (Å²) >= 11 is 8.37. The molecule has 3 rings (SSSR count). The van der Waals surface area contributed by atoms with Crippen LogP contribution in [0.25, 0.3) is 0 Å². The van der Waals surface area contributed by atoms with Crippen LogP contribution in [0.1, 0.15) is 52.0 Å². The zero-order valence-corrected chi connectivity index (χ0v) is 21.5. The van der Waals surface area contributed by atoms with E-state index in [-0.39, 0.29) is 35.0 Å². The van der Waals surface area contributed by atoms with E-state index in [1.54, 1.807) is 6.08 Å². The molecule has 1 aromatic carbocycles. The molecule has 0 saturated carbocycles. The summed E-state index contributed by atoms with van der Waals surface area (Å²) < 4.78 is 0.665. The number of carboxylic acids is 1. The van der Waals surface area contributed by atoms with Gasteiger partial charge in [-0.05, 0) is 48.2 Å². The first-order chi connectivity index (χ1) is 15.5. The van der Waals surface area contributed by atoms with Crippen molar-refractivity contribution >= 4 is 58.6 Å². The lowest BCUT2D eigenvalue weighted by Crippen LogP contribution is -2.56. The van der Waals surface area contributed by atoms with Crippen LogP contribution < -0.4 is 0 Å². The van der Waals surface area contributed by atoms with Crippen LogP contribution in [0.15, 0.2) is 50.5 Å². The number of carboxylic acid groups (broad SMARTS) is 1. The fraction of sp³-hybridized carbons (Fsp3) is 0.417. The van der Waals surface area contributed by atoms with E-state index in [1.165, 1.54) is 38.9 Å². The van der Waals surface area contributed by atoms with Crippen LogP contribution in [0.4, 0.5) is 0 Å². The minimum Gasteiger partial charge on any atom is -0.481 e. The lowest BCUT2D eigenvalue weighted by molar-refractivity contribution is -0.137. The molecule has 0 radical (unpaired) electrons. The second kappa shape index (κ2) is 10.4. The third kappa shape index (κ3) is 5.70. The molecule has 0 bridgehead atoms. The number of benzene rings is 1. The predicted molar refractivity (Wildman–Crippen MR) is 136 cm³/mol. The number of amides is 2. The molecule has 2 aliphatic rings. The van der Waals surface area contributed by atoms with E-state index >= 15 is 0 Å². The van der Waals surface area contributed by atoms with Gasteiger partial charge in [-0.25, -0.2) is 0 Å². The fourth-order valence-electron chi connectivity index (χ4n) is 3.53. The van der Waals surface area contributed by atoms with Gasteiger partial charge in [-0.3, -0.25) is 24.2 Å². The van der Waals surface area contributed by atoms with E-state index in [9.17, 15) is 14.4 Å². The first kappa shape index (κ1) is 25.5. The second-order valence-corrected chi connectivity index (χ2v) is 11.7. The van der Waals surface area contributed by atoms with Gasteiger partial charge in [-0.1, -0.05) is 62.9 Å². The largest absolute Gasteiger partial charge is 0.481 e. The Balaban J connectivity index is 1.87. The Morgan fingerprint density at radius 3 is 2.39 bits per heavy atom. The summed E-state index contributed by atoms with van der Waals surface area (Å²) in [5, 5.41) is 8.99. The molecule has 2 aliphatic heterocycles. The number of hydrogen-bond acceptors (Lipinski definition) is 6. The highest BCUT2D eigenvalue weighted by molar-refractivity contribution is 8.24. The van der Waals surface area contributed by atoms with Crippen molar-refractivity contribution in [3.8, 4) is 0 Å². The molecule has 2 amide bonds. The van der Waals surface area contributed by atoms with E-state index in [0.717, 1.165) is 9.79 Å². The molecule has 0 aromatic heterocycles. The quantitative estimate of drug-likeness (QED) is 0.172. The van der Waals surface area contributed by atoms with Gasteiger partial charge in [-0.2, -0.15) is 0 Å². The molecular weight excluding hydrogens is 476 g/mol. The maximum absolute atomic E-state index is 13.4. The highest BCUT2D eigenvalue weighted by Gasteiger charge is 2.42. The van der Waals surface area contributed by atoms with Crippen molar-refractivity contribution in [1.82, 2.24) is 9.80 Å². The lowest BCUT2D eigenvalue weighted by Gasteiger charge is -2.36. The van der Waals surface area contributed by atoms with Gasteiger partial charge in [0, 0.05) is 29.3 Å². The normalized spacial score (nSPS) is 18.7. The van der Waals surface area contributed by atoms with Crippen LogP contribution in [0.2, 0.25) is 0 Å². The van der Waals surface area contributed by atoms with Gasteiger partial charge in [-0.15, -0.1) is 6.58 Å². The maximum Gasteiger partial charge on any atom is 0.303 e. The Morgan fingerprint density at radius 2 is 1.76 bits per heavy atom. The molecule has 9 heteroatoms. The maximum atomic E-state index is 13.4. The fourth-order valence-corrected chi connectivity index (χ4v) is 6.42. The highest BCUT2D eigenvalue weighted by Crippen LogP contribution is 2.53. The van der Waals surface area contributed by atoms with Gasteiger partial charge in [0.2, 0.25) is 0 Å². The molecule has 6 nitrogen and oxygen atoms in total. The predicted octanol–water partition coefficient (Wildman–Crippen LogP) is 5.18. The van der Waals surface area contributed by atoms with E-state index in [4.69, 9.17) is 17.3 Å². The van der Waals surface area contributed by atoms with Crippen LogP contribution >= 0.6 is 35.7 Å². The van der Waals surface area contributed by atoms with Crippen LogP contribution in [-0.2, 0) is 19.8 Å². The number of aliphatic carboxylic acids is 1. The molecule has 0 aliphatic carbocycles. The molecule has 0 atom stereocenters. The SMILES string of the molecule is C=CCN1C(=O)C(=C2Sc3ccc(C(C)(C)C)cc3S2)C(=O)N(CCCCCC(=O)O)C1=S. The van der Waals surface area contributed by atoms with E-state index in [0.29, 0.717) is 30.0 Å². The van der Waals surface area contributed by atoms with Crippen molar-refractivity contribution in [2.45, 2.75) is 61.7 Å². The molecule has 1 aromatic rings. The van der Waals surface area contributed by atoms with E-state index < -0.39 is 11.9 Å². The molecule has 0 unspecified atom stereocenters. The molecule has 1 fully saturated rings. The second-order valence-electron chi connectivity index (χ2n) is 8.93. The first-order valence-electron chi connectivity index (χ1n) is 10.8. The van der Waals surface area contributed by atoms with Crippen LogP contribution in [0.5, 0.6) is 0 Å².